The quantitative estimate of drug-likeness (QED) is 0.603. The summed E-state index contributed by atoms with van der Waals surface area (Å²) in [6, 6.07) is 0. The normalized spacial score (nSPS) is 11.5. The number of aromatic nitrogens is 2. The summed E-state index contributed by atoms with van der Waals surface area (Å²) in [6.07, 6.45) is 3.54. The second-order valence-corrected chi connectivity index (χ2v) is 3.99. The molecule has 0 saturated carbocycles. The van der Waals surface area contributed by atoms with Crippen molar-refractivity contribution < 1.29 is 0 Å². The highest BCUT2D eigenvalue weighted by Gasteiger charge is 2.14. The molecule has 1 aromatic heterocycles. The van der Waals surface area contributed by atoms with Crippen molar-refractivity contribution in [1.29, 1.82) is 0 Å². The Bertz CT molecular complexity index is 275. The molecule has 0 spiro atoms. The third kappa shape index (κ3) is 2.12. The second kappa shape index (κ2) is 2.74. The fraction of sp³-hybridized carbons (Fsp3) is 0.500. The van der Waals surface area contributed by atoms with Crippen molar-refractivity contribution in [3.05, 3.63) is 22.7 Å². The highest BCUT2D eigenvalue weighted by molar-refractivity contribution is 7.71. The van der Waals surface area contributed by atoms with Gasteiger partial charge in [-0.25, -0.2) is 0 Å². The zero-order chi connectivity index (χ0) is 8.48. The Hall–Kier alpha value is -0.700. The monoisotopic (exact) mass is 168 g/mol. The molecule has 0 bridgehead atoms. The number of hydrogen-bond acceptors (Lipinski definition) is 2. The molecule has 0 aromatic carbocycles. The Morgan fingerprint density at radius 1 is 1.45 bits per heavy atom. The molecule has 0 aliphatic heterocycles. The average molecular weight is 168 g/mol. The van der Waals surface area contributed by atoms with Crippen LogP contribution in [-0.4, -0.2) is 9.97 Å². The molecule has 1 N–H and O–H groups in total. The summed E-state index contributed by atoms with van der Waals surface area (Å²) in [4.78, 5) is 7.17. The topological polar surface area (TPSA) is 28.7 Å². The number of nitrogens with one attached hydrogen (secondary N) is 1. The molecule has 60 valence electrons. The molecule has 0 unspecified atom stereocenters. The summed E-state index contributed by atoms with van der Waals surface area (Å²) in [5, 5.41) is 0. The Morgan fingerprint density at radius 2 is 2.09 bits per heavy atom. The molecule has 1 heterocycles. The van der Waals surface area contributed by atoms with E-state index in [1.165, 1.54) is 0 Å². The van der Waals surface area contributed by atoms with E-state index in [9.17, 15) is 0 Å². The Kier molecular flexibility index (Phi) is 2.09. The summed E-state index contributed by atoms with van der Waals surface area (Å²) in [6.45, 7) is 6.35. The summed E-state index contributed by atoms with van der Waals surface area (Å²) in [5.74, 6) is 0. The average Bonchev–Trinajstić information content (AvgIpc) is 1.86. The fourth-order valence-corrected chi connectivity index (χ4v) is 0.864. The van der Waals surface area contributed by atoms with Crippen LogP contribution in [0.15, 0.2) is 12.4 Å². The lowest BCUT2D eigenvalue weighted by Gasteiger charge is -2.16. The maximum Gasteiger partial charge on any atom is 0.121 e. The molecular formula is C8H12N2S. The third-order valence-corrected chi connectivity index (χ3v) is 1.66. The van der Waals surface area contributed by atoms with Crippen molar-refractivity contribution in [3.8, 4) is 0 Å². The van der Waals surface area contributed by atoms with E-state index >= 15 is 0 Å². The first-order chi connectivity index (χ1) is 5.00. The van der Waals surface area contributed by atoms with Crippen LogP contribution in [0.4, 0.5) is 0 Å². The van der Waals surface area contributed by atoms with Gasteiger partial charge in [-0.1, -0.05) is 33.0 Å². The minimum absolute atomic E-state index is 0.0968. The molecule has 0 amide bonds. The van der Waals surface area contributed by atoms with E-state index in [0.29, 0.717) is 4.64 Å². The van der Waals surface area contributed by atoms with Crippen LogP contribution in [0.5, 0.6) is 0 Å². The lowest BCUT2D eigenvalue weighted by atomic mass is 9.93. The predicted molar refractivity (Wildman–Crippen MR) is 48.1 cm³/mol. The van der Waals surface area contributed by atoms with Gasteiger partial charge >= 0.3 is 0 Å². The van der Waals surface area contributed by atoms with Crippen molar-refractivity contribution in [2.75, 3.05) is 0 Å². The van der Waals surface area contributed by atoms with Crippen LogP contribution in [-0.2, 0) is 5.41 Å². The molecular weight excluding hydrogens is 156 g/mol. The molecule has 0 atom stereocenters. The van der Waals surface area contributed by atoms with Gasteiger partial charge in [-0.05, 0) is 0 Å². The zero-order valence-electron chi connectivity index (χ0n) is 7.01. The number of hydrogen-bond donors (Lipinski definition) is 1. The lowest BCUT2D eigenvalue weighted by Crippen LogP contribution is -2.13. The van der Waals surface area contributed by atoms with Crippen LogP contribution >= 0.6 is 12.2 Å². The van der Waals surface area contributed by atoms with E-state index in [2.05, 4.69) is 30.7 Å². The number of H-pyrrole nitrogens is 1. The fourth-order valence-electron chi connectivity index (χ4n) is 0.752. The van der Waals surface area contributed by atoms with Gasteiger partial charge in [0.05, 0.1) is 11.9 Å². The van der Waals surface area contributed by atoms with Crippen molar-refractivity contribution in [2.45, 2.75) is 26.2 Å². The number of nitrogens with zero attached hydrogens (tertiary/aromatic N) is 1. The summed E-state index contributed by atoms with van der Waals surface area (Å²) >= 11 is 4.88. The largest absolute Gasteiger partial charge is 0.350 e. The maximum atomic E-state index is 4.88. The van der Waals surface area contributed by atoms with Crippen molar-refractivity contribution >= 4 is 12.2 Å². The summed E-state index contributed by atoms with van der Waals surface area (Å²) in [7, 11) is 0. The van der Waals surface area contributed by atoms with Gasteiger partial charge in [0.2, 0.25) is 0 Å². The van der Waals surface area contributed by atoms with Crippen LogP contribution < -0.4 is 0 Å². The maximum absolute atomic E-state index is 4.88. The van der Waals surface area contributed by atoms with Gasteiger partial charge in [0.1, 0.15) is 4.64 Å². The van der Waals surface area contributed by atoms with E-state index in [1.807, 2.05) is 6.20 Å². The van der Waals surface area contributed by atoms with Gasteiger partial charge in [-0.15, -0.1) is 0 Å². The van der Waals surface area contributed by atoms with E-state index in [4.69, 9.17) is 12.2 Å². The molecule has 0 aliphatic rings. The Labute approximate surface area is 71.7 Å². The van der Waals surface area contributed by atoms with E-state index in [1.54, 1.807) is 6.20 Å². The van der Waals surface area contributed by atoms with Crippen LogP contribution in [0, 0.1) is 4.64 Å². The Balaban J connectivity index is 3.09. The third-order valence-electron chi connectivity index (χ3n) is 1.44. The predicted octanol–water partition coefficient (Wildman–Crippen LogP) is 2.44. The molecule has 0 radical (unpaired) electrons. The molecule has 1 aromatic rings. The van der Waals surface area contributed by atoms with Gasteiger partial charge in [0.15, 0.2) is 0 Å². The minimum Gasteiger partial charge on any atom is -0.350 e. The second-order valence-electron chi connectivity index (χ2n) is 3.55. The lowest BCUT2D eigenvalue weighted by molar-refractivity contribution is 0.565. The zero-order valence-corrected chi connectivity index (χ0v) is 7.83. The molecule has 2 nitrogen and oxygen atoms in total. The van der Waals surface area contributed by atoms with Crippen LogP contribution in [0.3, 0.4) is 0 Å². The smallest absolute Gasteiger partial charge is 0.121 e. The minimum atomic E-state index is 0.0968. The molecule has 1 rings (SSSR count). The number of rotatable bonds is 0. The SMILES string of the molecule is CC(C)(C)c1c[nH]c(=S)cn1. The summed E-state index contributed by atoms with van der Waals surface area (Å²) in [5.41, 5.74) is 1.13. The first-order valence-corrected chi connectivity index (χ1v) is 3.96. The molecule has 11 heavy (non-hydrogen) atoms. The van der Waals surface area contributed by atoms with E-state index in [0.717, 1.165) is 5.69 Å². The van der Waals surface area contributed by atoms with Gasteiger partial charge < -0.3 is 4.98 Å². The first kappa shape index (κ1) is 8.40. The van der Waals surface area contributed by atoms with Crippen molar-refractivity contribution in [3.63, 3.8) is 0 Å². The standard InChI is InChI=1S/C8H12N2S/c1-8(2,3)6-4-10-7(11)5-9-6/h4-5H,1-3H3,(H,10,11). The highest BCUT2D eigenvalue weighted by atomic mass is 32.1. The first-order valence-electron chi connectivity index (χ1n) is 3.55. The summed E-state index contributed by atoms with van der Waals surface area (Å²) < 4.78 is 0.679. The number of aromatic amines is 1. The van der Waals surface area contributed by atoms with Gasteiger partial charge in [-0.2, -0.15) is 0 Å². The molecule has 0 aliphatic carbocycles. The highest BCUT2D eigenvalue weighted by Crippen LogP contribution is 2.17. The van der Waals surface area contributed by atoms with E-state index in [-0.39, 0.29) is 5.41 Å². The van der Waals surface area contributed by atoms with E-state index < -0.39 is 0 Å². The molecule has 0 saturated heterocycles. The van der Waals surface area contributed by atoms with Gasteiger partial charge in [0, 0.05) is 11.6 Å². The molecule has 0 fully saturated rings. The van der Waals surface area contributed by atoms with Gasteiger partial charge in [0.25, 0.3) is 0 Å². The molecule has 3 heteroatoms. The Morgan fingerprint density at radius 3 is 2.45 bits per heavy atom. The van der Waals surface area contributed by atoms with Crippen molar-refractivity contribution in [1.82, 2.24) is 9.97 Å². The van der Waals surface area contributed by atoms with Gasteiger partial charge in [-0.3, -0.25) is 4.98 Å². The van der Waals surface area contributed by atoms with Crippen LogP contribution in [0.25, 0.3) is 0 Å². The van der Waals surface area contributed by atoms with Crippen LogP contribution in [0.2, 0.25) is 0 Å². The van der Waals surface area contributed by atoms with Crippen molar-refractivity contribution in [2.24, 2.45) is 0 Å². The van der Waals surface area contributed by atoms with Crippen LogP contribution in [0.1, 0.15) is 26.5 Å².